The van der Waals surface area contributed by atoms with Crippen LogP contribution >= 0.6 is 0 Å². The van der Waals surface area contributed by atoms with Crippen molar-refractivity contribution < 1.29 is 9.26 Å². The highest BCUT2D eigenvalue weighted by Gasteiger charge is 2.10. The Hall–Kier alpha value is -2.56. The van der Waals surface area contributed by atoms with Crippen molar-refractivity contribution in [1.29, 1.82) is 0 Å². The highest BCUT2D eigenvalue weighted by molar-refractivity contribution is 5.61. The number of benzene rings is 1. The molecule has 2 heterocycles. The molecule has 0 radical (unpaired) electrons. The summed E-state index contributed by atoms with van der Waals surface area (Å²) in [6.07, 6.45) is 7.97. The zero-order chi connectivity index (χ0) is 18.5. The summed E-state index contributed by atoms with van der Waals surface area (Å²) >= 11 is 0. The molecule has 0 unspecified atom stereocenters. The third-order valence-corrected chi connectivity index (χ3v) is 4.53. The fraction of sp³-hybridized carbons (Fsp3) is 0.429. The van der Waals surface area contributed by atoms with Crippen LogP contribution in [-0.2, 0) is 13.5 Å². The second kappa shape index (κ2) is 8.21. The summed E-state index contributed by atoms with van der Waals surface area (Å²) in [7, 11) is 2.01. The molecule has 0 N–H and O–H groups in total. The van der Waals surface area contributed by atoms with Gasteiger partial charge in [0, 0.05) is 37.5 Å². The largest absolute Gasteiger partial charge is 0.493 e. The summed E-state index contributed by atoms with van der Waals surface area (Å²) in [5.74, 6) is 2.94. The Bertz CT molecular complexity index is 841. The van der Waals surface area contributed by atoms with Gasteiger partial charge in [-0.3, -0.25) is 0 Å². The van der Waals surface area contributed by atoms with E-state index in [2.05, 4.69) is 36.1 Å². The monoisotopic (exact) mass is 353 g/mol. The van der Waals surface area contributed by atoms with Crippen LogP contribution in [0.25, 0.3) is 11.4 Å². The van der Waals surface area contributed by atoms with Crippen LogP contribution < -0.4 is 4.74 Å². The van der Waals surface area contributed by atoms with E-state index >= 15 is 0 Å². The summed E-state index contributed by atoms with van der Waals surface area (Å²) in [6.45, 7) is 6.88. The maximum absolute atomic E-state index is 6.06. The van der Waals surface area contributed by atoms with Gasteiger partial charge in [0.25, 0.3) is 0 Å². The van der Waals surface area contributed by atoms with E-state index in [1.165, 1.54) is 0 Å². The van der Waals surface area contributed by atoms with Crippen molar-refractivity contribution in [2.45, 2.75) is 46.5 Å². The van der Waals surface area contributed by atoms with Crippen LogP contribution in [0.4, 0.5) is 0 Å². The smallest absolute Gasteiger partial charge is 0.139 e. The van der Waals surface area contributed by atoms with E-state index in [1.54, 1.807) is 0 Å². The normalized spacial score (nSPS) is 11.1. The molecule has 0 spiro atoms. The van der Waals surface area contributed by atoms with Crippen molar-refractivity contribution in [1.82, 2.24) is 14.7 Å². The van der Waals surface area contributed by atoms with E-state index < -0.39 is 0 Å². The summed E-state index contributed by atoms with van der Waals surface area (Å²) in [4.78, 5) is 4.43. The lowest BCUT2D eigenvalue weighted by Gasteiger charge is -2.14. The average Bonchev–Trinajstić information content (AvgIpc) is 3.20. The lowest BCUT2D eigenvalue weighted by Crippen LogP contribution is -2.02. The van der Waals surface area contributed by atoms with Crippen molar-refractivity contribution in [3.8, 4) is 17.1 Å². The standard InChI is InChI=1S/C21H27N3O2/c1-15-12-18(21-22-9-10-24(21)4)13-16(2)20(15)25-11-7-5-6-8-19-14-17(3)23-26-19/h9-10,12-14H,5-8,11H2,1-4H3. The molecule has 1 aromatic carbocycles. The third-order valence-electron chi connectivity index (χ3n) is 4.53. The second-order valence-electron chi connectivity index (χ2n) is 6.89. The molecule has 0 bridgehead atoms. The number of ether oxygens (including phenoxy) is 1. The number of rotatable bonds is 8. The molecule has 0 atom stereocenters. The van der Waals surface area contributed by atoms with E-state index in [0.29, 0.717) is 0 Å². The Labute approximate surface area is 155 Å². The predicted octanol–water partition coefficient (Wildman–Crippen LogP) is 4.79. The van der Waals surface area contributed by atoms with Crippen LogP contribution in [0.15, 0.2) is 35.1 Å². The summed E-state index contributed by atoms with van der Waals surface area (Å²) < 4.78 is 13.3. The van der Waals surface area contributed by atoms with Crippen LogP contribution in [0.1, 0.15) is 41.8 Å². The van der Waals surface area contributed by atoms with Crippen LogP contribution in [0.5, 0.6) is 5.75 Å². The Morgan fingerprint density at radius 2 is 1.81 bits per heavy atom. The van der Waals surface area contributed by atoms with E-state index in [4.69, 9.17) is 9.26 Å². The first-order valence-corrected chi connectivity index (χ1v) is 9.18. The first-order valence-electron chi connectivity index (χ1n) is 9.18. The summed E-state index contributed by atoms with van der Waals surface area (Å²) in [5.41, 5.74) is 4.38. The van der Waals surface area contributed by atoms with Crippen LogP contribution in [0.2, 0.25) is 0 Å². The minimum Gasteiger partial charge on any atom is -0.493 e. The number of aryl methyl sites for hydroxylation is 5. The van der Waals surface area contributed by atoms with E-state index in [1.807, 2.05) is 37.0 Å². The minimum atomic E-state index is 0.735. The van der Waals surface area contributed by atoms with Crippen LogP contribution in [0.3, 0.4) is 0 Å². The summed E-state index contributed by atoms with van der Waals surface area (Å²) in [6, 6.07) is 6.31. The third kappa shape index (κ3) is 4.34. The number of imidazole rings is 1. The molecule has 0 fully saturated rings. The Balaban J connectivity index is 1.49. The molecule has 3 aromatic rings. The molecule has 0 aliphatic rings. The Morgan fingerprint density at radius 3 is 2.42 bits per heavy atom. The maximum atomic E-state index is 6.06. The second-order valence-corrected chi connectivity index (χ2v) is 6.89. The predicted molar refractivity (Wildman–Crippen MR) is 102 cm³/mol. The van der Waals surface area contributed by atoms with Gasteiger partial charge in [0.05, 0.1) is 12.3 Å². The van der Waals surface area contributed by atoms with Gasteiger partial charge in [0.1, 0.15) is 17.3 Å². The van der Waals surface area contributed by atoms with Gasteiger partial charge in [-0.05, 0) is 63.3 Å². The Morgan fingerprint density at radius 1 is 1.04 bits per heavy atom. The Kier molecular flexibility index (Phi) is 5.76. The number of nitrogens with zero attached hydrogens (tertiary/aromatic N) is 3. The minimum absolute atomic E-state index is 0.735. The zero-order valence-electron chi connectivity index (χ0n) is 16.1. The molecule has 0 aliphatic carbocycles. The van der Waals surface area contributed by atoms with Gasteiger partial charge in [0.2, 0.25) is 0 Å². The fourth-order valence-corrected chi connectivity index (χ4v) is 3.24. The molecule has 26 heavy (non-hydrogen) atoms. The molecule has 138 valence electrons. The first kappa shape index (κ1) is 18.2. The molecule has 0 saturated heterocycles. The number of hydrogen-bond donors (Lipinski definition) is 0. The van der Waals surface area contributed by atoms with Gasteiger partial charge in [-0.1, -0.05) is 5.16 Å². The number of unbranched alkanes of at least 4 members (excludes halogenated alkanes) is 2. The number of hydrogen-bond acceptors (Lipinski definition) is 4. The van der Waals surface area contributed by atoms with Gasteiger partial charge < -0.3 is 13.8 Å². The topological polar surface area (TPSA) is 53.1 Å². The SMILES string of the molecule is Cc1cc(CCCCCOc2c(C)cc(-c3nccn3C)cc2C)on1. The van der Waals surface area contributed by atoms with Gasteiger partial charge >= 0.3 is 0 Å². The first-order chi connectivity index (χ1) is 12.5. The molecular formula is C21H27N3O2. The quantitative estimate of drug-likeness (QED) is 0.546. The van der Waals surface area contributed by atoms with Crippen molar-refractivity contribution >= 4 is 0 Å². The average molecular weight is 353 g/mol. The van der Waals surface area contributed by atoms with Gasteiger partial charge in [-0.15, -0.1) is 0 Å². The molecule has 2 aromatic heterocycles. The van der Waals surface area contributed by atoms with E-state index in [9.17, 15) is 0 Å². The number of aromatic nitrogens is 3. The lowest BCUT2D eigenvalue weighted by molar-refractivity contribution is 0.299. The van der Waals surface area contributed by atoms with Crippen LogP contribution in [0, 0.1) is 20.8 Å². The maximum Gasteiger partial charge on any atom is 0.139 e. The van der Waals surface area contributed by atoms with Gasteiger partial charge in [-0.2, -0.15) is 0 Å². The van der Waals surface area contributed by atoms with Crippen molar-refractivity contribution in [2.75, 3.05) is 6.61 Å². The highest BCUT2D eigenvalue weighted by atomic mass is 16.5. The molecular weight excluding hydrogens is 326 g/mol. The zero-order valence-corrected chi connectivity index (χ0v) is 16.1. The van der Waals surface area contributed by atoms with E-state index in [0.717, 1.165) is 72.0 Å². The molecule has 5 heteroatoms. The van der Waals surface area contributed by atoms with Crippen LogP contribution in [-0.4, -0.2) is 21.3 Å². The van der Waals surface area contributed by atoms with Crippen molar-refractivity contribution in [3.63, 3.8) is 0 Å². The molecule has 5 nitrogen and oxygen atoms in total. The molecule has 0 saturated carbocycles. The van der Waals surface area contributed by atoms with Gasteiger partial charge in [-0.25, -0.2) is 4.98 Å². The summed E-state index contributed by atoms with van der Waals surface area (Å²) in [5, 5.41) is 3.92. The van der Waals surface area contributed by atoms with Crippen molar-refractivity contribution in [2.24, 2.45) is 7.05 Å². The van der Waals surface area contributed by atoms with Gasteiger partial charge in [0.15, 0.2) is 0 Å². The fourth-order valence-electron chi connectivity index (χ4n) is 3.24. The highest BCUT2D eigenvalue weighted by Crippen LogP contribution is 2.29. The molecule has 3 rings (SSSR count). The molecule has 0 aliphatic heterocycles. The van der Waals surface area contributed by atoms with E-state index in [-0.39, 0.29) is 0 Å². The lowest BCUT2D eigenvalue weighted by atomic mass is 10.1. The van der Waals surface area contributed by atoms with Crippen molar-refractivity contribution in [3.05, 3.63) is 53.2 Å². The molecule has 0 amide bonds.